The average Bonchev–Trinajstić information content (AvgIpc) is 2.48. The van der Waals surface area contributed by atoms with E-state index in [-0.39, 0.29) is 18.2 Å². The van der Waals surface area contributed by atoms with E-state index in [1.165, 1.54) is 0 Å². The van der Waals surface area contributed by atoms with Crippen molar-refractivity contribution in [3.8, 4) is 12.3 Å². The second-order valence-electron chi connectivity index (χ2n) is 4.62. The van der Waals surface area contributed by atoms with E-state index in [1.54, 1.807) is 24.3 Å². The Labute approximate surface area is 122 Å². The van der Waals surface area contributed by atoms with Gasteiger partial charge in [-0.05, 0) is 24.6 Å². The second-order valence-corrected chi connectivity index (χ2v) is 4.62. The average molecular weight is 285 g/mol. The summed E-state index contributed by atoms with van der Waals surface area (Å²) in [7, 11) is 0. The van der Waals surface area contributed by atoms with E-state index < -0.39 is 11.9 Å². The molecule has 3 amide bonds. The minimum atomic E-state index is -0.683. The van der Waals surface area contributed by atoms with E-state index >= 15 is 0 Å². The predicted octanol–water partition coefficient (Wildman–Crippen LogP) is 0.267. The summed E-state index contributed by atoms with van der Waals surface area (Å²) in [6, 6.07) is 6.12. The molecule has 0 radical (unpaired) electrons. The first-order valence-corrected chi connectivity index (χ1v) is 6.52. The molecule has 0 spiro atoms. The smallest absolute Gasteiger partial charge is 0.252 e. The van der Waals surface area contributed by atoms with E-state index in [1.807, 2.05) is 0 Å². The highest BCUT2D eigenvalue weighted by Crippen LogP contribution is 2.11. The lowest BCUT2D eigenvalue weighted by Crippen LogP contribution is -2.52. The third kappa shape index (κ3) is 3.83. The third-order valence-electron chi connectivity index (χ3n) is 3.06. The summed E-state index contributed by atoms with van der Waals surface area (Å²) in [5.41, 5.74) is 1.14. The minimum absolute atomic E-state index is 0.223. The van der Waals surface area contributed by atoms with Crippen LogP contribution in [0.1, 0.15) is 23.2 Å². The lowest BCUT2D eigenvalue weighted by atomic mass is 10.1. The van der Waals surface area contributed by atoms with E-state index in [0.717, 1.165) is 5.69 Å². The van der Waals surface area contributed by atoms with Gasteiger partial charge in [0.2, 0.25) is 11.8 Å². The fraction of sp³-hybridized carbons (Fsp3) is 0.267. The van der Waals surface area contributed by atoms with Crippen molar-refractivity contribution in [2.45, 2.75) is 18.9 Å². The topological polar surface area (TPSA) is 87.3 Å². The van der Waals surface area contributed by atoms with Crippen molar-refractivity contribution in [3.63, 3.8) is 0 Å². The zero-order valence-electron chi connectivity index (χ0n) is 11.3. The normalized spacial score (nSPS) is 17.6. The van der Waals surface area contributed by atoms with Gasteiger partial charge >= 0.3 is 0 Å². The van der Waals surface area contributed by atoms with Crippen molar-refractivity contribution >= 4 is 23.4 Å². The number of terminal acetylenes is 1. The molecule has 1 atom stereocenters. The van der Waals surface area contributed by atoms with Gasteiger partial charge in [-0.25, -0.2) is 0 Å². The SMILES string of the molecule is C#CCNc1cccc(C(=O)NC2CCC(=O)NC2=O)c1. The highest BCUT2D eigenvalue weighted by Gasteiger charge is 2.27. The van der Waals surface area contributed by atoms with Crippen molar-refractivity contribution in [2.75, 3.05) is 11.9 Å². The Balaban J connectivity index is 2.01. The maximum Gasteiger partial charge on any atom is 0.252 e. The molecule has 3 N–H and O–H groups in total. The van der Waals surface area contributed by atoms with Crippen LogP contribution in [0.3, 0.4) is 0 Å². The molecule has 2 rings (SSSR count). The van der Waals surface area contributed by atoms with E-state index in [0.29, 0.717) is 18.5 Å². The minimum Gasteiger partial charge on any atom is -0.374 e. The molecule has 21 heavy (non-hydrogen) atoms. The summed E-state index contributed by atoms with van der Waals surface area (Å²) in [5.74, 6) is 1.29. The molecule has 6 nitrogen and oxygen atoms in total. The van der Waals surface area contributed by atoms with E-state index in [9.17, 15) is 14.4 Å². The summed E-state index contributed by atoms with van der Waals surface area (Å²) in [6.45, 7) is 0.359. The van der Waals surface area contributed by atoms with Gasteiger partial charge in [-0.2, -0.15) is 0 Å². The second kappa shape index (κ2) is 6.57. The Kier molecular flexibility index (Phi) is 4.57. The molecule has 0 aromatic heterocycles. The lowest BCUT2D eigenvalue weighted by Gasteiger charge is -2.21. The van der Waals surface area contributed by atoms with Crippen molar-refractivity contribution in [3.05, 3.63) is 29.8 Å². The fourth-order valence-corrected chi connectivity index (χ4v) is 2.00. The van der Waals surface area contributed by atoms with Crippen LogP contribution in [0.4, 0.5) is 5.69 Å². The molecule has 1 heterocycles. The van der Waals surface area contributed by atoms with Crippen molar-refractivity contribution in [1.29, 1.82) is 0 Å². The number of piperidine rings is 1. The number of anilines is 1. The number of nitrogens with one attached hydrogen (secondary N) is 3. The molecule has 1 unspecified atom stereocenters. The molecule has 0 bridgehead atoms. The summed E-state index contributed by atoms with van der Waals surface area (Å²) >= 11 is 0. The van der Waals surface area contributed by atoms with Gasteiger partial charge in [0.25, 0.3) is 5.91 Å². The Morgan fingerprint density at radius 1 is 1.43 bits per heavy atom. The van der Waals surface area contributed by atoms with Gasteiger partial charge in [0.1, 0.15) is 6.04 Å². The predicted molar refractivity (Wildman–Crippen MR) is 77.4 cm³/mol. The molecule has 0 saturated carbocycles. The number of carbonyl (C=O) groups excluding carboxylic acids is 3. The quantitative estimate of drug-likeness (QED) is 0.547. The van der Waals surface area contributed by atoms with Gasteiger partial charge in [-0.1, -0.05) is 12.0 Å². The molecule has 1 aliphatic rings. The lowest BCUT2D eigenvalue weighted by molar-refractivity contribution is -0.134. The molecular weight excluding hydrogens is 270 g/mol. The Hall–Kier alpha value is -2.81. The number of rotatable bonds is 4. The number of benzene rings is 1. The first-order chi connectivity index (χ1) is 10.1. The van der Waals surface area contributed by atoms with Crippen LogP contribution < -0.4 is 16.0 Å². The van der Waals surface area contributed by atoms with Crippen LogP contribution in [-0.2, 0) is 9.59 Å². The van der Waals surface area contributed by atoms with Gasteiger partial charge in [-0.15, -0.1) is 6.42 Å². The first-order valence-electron chi connectivity index (χ1n) is 6.52. The van der Waals surface area contributed by atoms with Crippen molar-refractivity contribution in [2.24, 2.45) is 0 Å². The number of imide groups is 1. The maximum absolute atomic E-state index is 12.1. The van der Waals surface area contributed by atoms with E-state index in [4.69, 9.17) is 6.42 Å². The maximum atomic E-state index is 12.1. The van der Waals surface area contributed by atoms with E-state index in [2.05, 4.69) is 21.9 Å². The number of hydrogen-bond acceptors (Lipinski definition) is 4. The van der Waals surface area contributed by atoms with Gasteiger partial charge in [0, 0.05) is 17.7 Å². The Bertz CT molecular complexity index is 619. The molecular formula is C15H15N3O3. The molecule has 1 aliphatic heterocycles. The molecule has 6 heteroatoms. The van der Waals surface area contributed by atoms with Crippen molar-refractivity contribution in [1.82, 2.24) is 10.6 Å². The summed E-state index contributed by atoms with van der Waals surface area (Å²) in [5, 5.41) is 7.78. The molecule has 1 saturated heterocycles. The van der Waals surface area contributed by atoms with Crippen LogP contribution in [0.15, 0.2) is 24.3 Å². The van der Waals surface area contributed by atoms with Crippen LogP contribution in [0.25, 0.3) is 0 Å². The highest BCUT2D eigenvalue weighted by atomic mass is 16.2. The molecule has 0 aliphatic carbocycles. The fourth-order valence-electron chi connectivity index (χ4n) is 2.00. The van der Waals surface area contributed by atoms with Crippen molar-refractivity contribution < 1.29 is 14.4 Å². The summed E-state index contributed by atoms with van der Waals surface area (Å²) < 4.78 is 0. The van der Waals surface area contributed by atoms with Crippen LogP contribution in [0, 0.1) is 12.3 Å². The van der Waals surface area contributed by atoms with Crippen LogP contribution >= 0.6 is 0 Å². The standard InChI is InChI=1S/C15H15N3O3/c1-2-8-16-11-5-3-4-10(9-11)14(20)17-12-6-7-13(19)18-15(12)21/h1,3-5,9,12,16H,6-8H2,(H,17,20)(H,18,19,21). The van der Waals surface area contributed by atoms with Gasteiger partial charge in [-0.3, -0.25) is 19.7 Å². The number of amides is 3. The molecule has 1 fully saturated rings. The Morgan fingerprint density at radius 3 is 2.95 bits per heavy atom. The zero-order chi connectivity index (χ0) is 15.2. The number of carbonyl (C=O) groups is 3. The van der Waals surface area contributed by atoms with Gasteiger partial charge in [0.05, 0.1) is 6.54 Å². The summed E-state index contributed by atoms with van der Waals surface area (Å²) in [4.78, 5) is 34.8. The molecule has 1 aromatic carbocycles. The molecule has 108 valence electrons. The third-order valence-corrected chi connectivity index (χ3v) is 3.06. The van der Waals surface area contributed by atoms with Gasteiger partial charge in [0.15, 0.2) is 0 Å². The summed E-state index contributed by atoms with van der Waals surface area (Å²) in [6.07, 6.45) is 5.69. The monoisotopic (exact) mass is 285 g/mol. The Morgan fingerprint density at radius 2 is 2.24 bits per heavy atom. The highest BCUT2D eigenvalue weighted by molar-refractivity contribution is 6.03. The van der Waals surface area contributed by atoms with Crippen LogP contribution in [-0.4, -0.2) is 30.3 Å². The first kappa shape index (κ1) is 14.6. The number of hydrogen-bond donors (Lipinski definition) is 3. The molecule has 1 aromatic rings. The van der Waals surface area contributed by atoms with Crippen LogP contribution in [0.5, 0.6) is 0 Å². The van der Waals surface area contributed by atoms with Gasteiger partial charge < -0.3 is 10.6 Å². The zero-order valence-corrected chi connectivity index (χ0v) is 11.3. The largest absolute Gasteiger partial charge is 0.374 e. The van der Waals surface area contributed by atoms with Crippen LogP contribution in [0.2, 0.25) is 0 Å².